The highest BCUT2D eigenvalue weighted by atomic mass is 16.5. The highest BCUT2D eigenvalue weighted by Crippen LogP contribution is 2.16. The maximum atomic E-state index is 12.4. The fourth-order valence-electron chi connectivity index (χ4n) is 2.35. The van der Waals surface area contributed by atoms with Crippen molar-refractivity contribution in [2.24, 2.45) is 4.99 Å². The van der Waals surface area contributed by atoms with Crippen LogP contribution in [0.5, 0.6) is 5.75 Å². The first-order chi connectivity index (χ1) is 12.0. The molecule has 0 fully saturated rings. The molecule has 1 amide bonds. The lowest BCUT2D eigenvalue weighted by molar-refractivity contribution is 0.0888. The lowest BCUT2D eigenvalue weighted by Crippen LogP contribution is -2.32. The predicted molar refractivity (Wildman–Crippen MR) is 95.7 cm³/mol. The molecule has 0 radical (unpaired) electrons. The molecule has 0 saturated carbocycles. The Morgan fingerprint density at radius 3 is 2.60 bits per heavy atom. The first-order valence-corrected chi connectivity index (χ1v) is 8.19. The number of hydrogen-bond donors (Lipinski definition) is 1. The summed E-state index contributed by atoms with van der Waals surface area (Å²) in [5.41, 5.74) is 1.05. The smallest absolute Gasteiger partial charge is 0.255 e. The number of rotatable bonds is 6. The molecule has 1 aromatic heterocycles. The van der Waals surface area contributed by atoms with Crippen molar-refractivity contribution in [2.45, 2.75) is 26.3 Å². The van der Waals surface area contributed by atoms with Crippen molar-refractivity contribution in [2.75, 3.05) is 13.7 Å². The minimum absolute atomic E-state index is 0.0895. The standard InChI is InChI=1S/C19H23N3O3/c1-14(2)21-17-10-6-7-13-22(17)18(23)11-12-20-19(24)15-8-4-5-9-16(15)25-3/h4-10,13-14H,11-12H2,1-3H3,(H,20,24). The molecule has 0 spiro atoms. The number of nitrogens with one attached hydrogen (secondary N) is 1. The van der Waals surface area contributed by atoms with Gasteiger partial charge in [0.15, 0.2) is 0 Å². The number of benzene rings is 1. The van der Waals surface area contributed by atoms with Crippen molar-refractivity contribution < 1.29 is 14.3 Å². The number of hydrogen-bond acceptors (Lipinski definition) is 4. The van der Waals surface area contributed by atoms with Crippen molar-refractivity contribution in [3.8, 4) is 5.75 Å². The maximum absolute atomic E-state index is 12.4. The monoisotopic (exact) mass is 341 g/mol. The average molecular weight is 341 g/mol. The number of carbonyl (C=O) groups is 2. The van der Waals surface area contributed by atoms with Crippen molar-refractivity contribution in [3.63, 3.8) is 0 Å². The van der Waals surface area contributed by atoms with Gasteiger partial charge < -0.3 is 10.1 Å². The normalized spacial score (nSPS) is 11.4. The summed E-state index contributed by atoms with van der Waals surface area (Å²) < 4.78 is 6.68. The first-order valence-electron chi connectivity index (χ1n) is 8.19. The summed E-state index contributed by atoms with van der Waals surface area (Å²) in [5.74, 6) is 0.109. The van der Waals surface area contributed by atoms with Crippen LogP contribution >= 0.6 is 0 Å². The second-order valence-corrected chi connectivity index (χ2v) is 5.75. The van der Waals surface area contributed by atoms with Gasteiger partial charge in [-0.05, 0) is 38.1 Å². The van der Waals surface area contributed by atoms with Gasteiger partial charge >= 0.3 is 0 Å². The van der Waals surface area contributed by atoms with Gasteiger partial charge in [-0.2, -0.15) is 0 Å². The second kappa shape index (κ2) is 8.82. The molecule has 6 nitrogen and oxygen atoms in total. The van der Waals surface area contributed by atoms with Gasteiger partial charge in [-0.3, -0.25) is 19.1 Å². The number of carbonyl (C=O) groups excluding carboxylic acids is 2. The molecule has 25 heavy (non-hydrogen) atoms. The van der Waals surface area contributed by atoms with Crippen molar-refractivity contribution in [3.05, 3.63) is 59.7 Å². The molecular weight excluding hydrogens is 318 g/mol. The van der Waals surface area contributed by atoms with Gasteiger partial charge in [0, 0.05) is 25.2 Å². The summed E-state index contributed by atoms with van der Waals surface area (Å²) in [6.45, 7) is 4.14. The van der Waals surface area contributed by atoms with Crippen LogP contribution in [-0.4, -0.2) is 36.1 Å². The predicted octanol–water partition coefficient (Wildman–Crippen LogP) is 2.27. The van der Waals surface area contributed by atoms with E-state index in [1.807, 2.05) is 19.9 Å². The number of nitrogens with zero attached hydrogens (tertiary/aromatic N) is 2. The zero-order chi connectivity index (χ0) is 18.2. The van der Waals surface area contributed by atoms with E-state index in [9.17, 15) is 9.59 Å². The van der Waals surface area contributed by atoms with Crippen LogP contribution in [0.2, 0.25) is 0 Å². The van der Waals surface area contributed by atoms with Gasteiger partial charge in [-0.25, -0.2) is 0 Å². The van der Waals surface area contributed by atoms with Gasteiger partial charge in [0.1, 0.15) is 11.2 Å². The molecule has 0 aliphatic rings. The molecule has 0 saturated heterocycles. The Morgan fingerprint density at radius 2 is 1.88 bits per heavy atom. The van der Waals surface area contributed by atoms with E-state index in [1.165, 1.54) is 11.7 Å². The molecule has 1 heterocycles. The number of ether oxygens (including phenoxy) is 1. The number of amides is 1. The van der Waals surface area contributed by atoms with E-state index in [1.54, 1.807) is 42.6 Å². The van der Waals surface area contributed by atoms with Crippen molar-refractivity contribution in [1.82, 2.24) is 9.88 Å². The summed E-state index contributed by atoms with van der Waals surface area (Å²) in [4.78, 5) is 29.1. The molecule has 2 rings (SSSR count). The van der Waals surface area contributed by atoms with E-state index in [0.29, 0.717) is 16.8 Å². The number of pyridine rings is 1. The van der Waals surface area contributed by atoms with Crippen molar-refractivity contribution in [1.29, 1.82) is 0 Å². The largest absolute Gasteiger partial charge is 0.496 e. The van der Waals surface area contributed by atoms with Crippen LogP contribution in [0.15, 0.2) is 53.7 Å². The van der Waals surface area contributed by atoms with Gasteiger partial charge in [-0.1, -0.05) is 18.2 Å². The van der Waals surface area contributed by atoms with Crippen LogP contribution in [-0.2, 0) is 0 Å². The Bertz CT molecular complexity index is 809. The van der Waals surface area contributed by atoms with E-state index in [0.717, 1.165) is 0 Å². The van der Waals surface area contributed by atoms with Gasteiger partial charge in [-0.15, -0.1) is 0 Å². The number of para-hydroxylation sites is 1. The molecule has 1 N–H and O–H groups in total. The third kappa shape index (κ3) is 5.04. The maximum Gasteiger partial charge on any atom is 0.255 e. The molecule has 0 bridgehead atoms. The fourth-order valence-corrected chi connectivity index (χ4v) is 2.35. The van der Waals surface area contributed by atoms with Crippen molar-refractivity contribution >= 4 is 11.8 Å². The average Bonchev–Trinajstić information content (AvgIpc) is 2.61. The highest BCUT2D eigenvalue weighted by molar-refractivity contribution is 5.97. The Morgan fingerprint density at radius 1 is 1.16 bits per heavy atom. The lowest BCUT2D eigenvalue weighted by atomic mass is 10.2. The summed E-state index contributed by atoms with van der Waals surface area (Å²) in [6, 6.07) is 12.5. The van der Waals surface area contributed by atoms with E-state index >= 15 is 0 Å². The number of methoxy groups -OCH3 is 1. The highest BCUT2D eigenvalue weighted by Gasteiger charge is 2.12. The summed E-state index contributed by atoms with van der Waals surface area (Å²) in [7, 11) is 1.52. The topological polar surface area (TPSA) is 72.7 Å². The third-order valence-corrected chi connectivity index (χ3v) is 3.47. The van der Waals surface area contributed by atoms with Crippen LogP contribution < -0.4 is 15.5 Å². The summed E-state index contributed by atoms with van der Waals surface area (Å²) in [5, 5.41) is 2.75. The molecule has 0 unspecified atom stereocenters. The molecule has 132 valence electrons. The third-order valence-electron chi connectivity index (χ3n) is 3.47. The van der Waals surface area contributed by atoms with Gasteiger partial charge in [0.2, 0.25) is 5.91 Å². The van der Waals surface area contributed by atoms with Crippen LogP contribution in [0, 0.1) is 0 Å². The van der Waals surface area contributed by atoms with E-state index in [-0.39, 0.29) is 30.8 Å². The van der Waals surface area contributed by atoms with Gasteiger partial charge in [0.25, 0.3) is 5.91 Å². The zero-order valence-electron chi connectivity index (χ0n) is 14.7. The van der Waals surface area contributed by atoms with Crippen LogP contribution in [0.3, 0.4) is 0 Å². The Hall–Kier alpha value is -2.89. The molecule has 0 atom stereocenters. The minimum atomic E-state index is -0.268. The summed E-state index contributed by atoms with van der Waals surface area (Å²) in [6.07, 6.45) is 1.86. The summed E-state index contributed by atoms with van der Waals surface area (Å²) >= 11 is 0. The number of aromatic nitrogens is 1. The van der Waals surface area contributed by atoms with Crippen LogP contribution in [0.25, 0.3) is 0 Å². The van der Waals surface area contributed by atoms with Crippen LogP contribution in [0.1, 0.15) is 35.4 Å². The second-order valence-electron chi connectivity index (χ2n) is 5.75. The SMILES string of the molecule is COc1ccccc1C(=O)NCCC(=O)n1ccccc1=NC(C)C. The molecule has 0 aliphatic carbocycles. The van der Waals surface area contributed by atoms with E-state index in [2.05, 4.69) is 10.3 Å². The fraction of sp³-hybridized carbons (Fsp3) is 0.316. The Balaban J connectivity index is 2.01. The quantitative estimate of drug-likeness (QED) is 0.876. The molecule has 2 aromatic rings. The van der Waals surface area contributed by atoms with E-state index < -0.39 is 0 Å². The molecular formula is C19H23N3O3. The Kier molecular flexibility index (Phi) is 6.51. The molecule has 0 aliphatic heterocycles. The van der Waals surface area contributed by atoms with Crippen LogP contribution in [0.4, 0.5) is 0 Å². The van der Waals surface area contributed by atoms with Gasteiger partial charge in [0.05, 0.1) is 12.7 Å². The minimum Gasteiger partial charge on any atom is -0.496 e. The van der Waals surface area contributed by atoms with E-state index in [4.69, 9.17) is 4.74 Å². The zero-order valence-corrected chi connectivity index (χ0v) is 14.7. The first kappa shape index (κ1) is 18.4. The molecule has 1 aromatic carbocycles. The Labute approximate surface area is 147 Å². The lowest BCUT2D eigenvalue weighted by Gasteiger charge is -2.10. The molecule has 6 heteroatoms.